The first kappa shape index (κ1) is 23.7. The SMILES string of the molecule is CCN1CCN(Cc2ccc(Nc3ncc(F)c(-c4cc5nccc(C(C)C)c5s4)n3)nc2)CC1. The third-order valence-electron chi connectivity index (χ3n) is 6.42. The van der Waals surface area contributed by atoms with Crippen molar-refractivity contribution in [1.29, 1.82) is 0 Å². The first-order valence-corrected chi connectivity index (χ1v) is 12.9. The van der Waals surface area contributed by atoms with Gasteiger partial charge in [0.15, 0.2) is 5.82 Å². The molecule has 0 aromatic carbocycles. The van der Waals surface area contributed by atoms with Crippen molar-refractivity contribution in [1.82, 2.24) is 29.7 Å². The molecule has 0 bridgehead atoms. The minimum Gasteiger partial charge on any atom is -0.309 e. The number of piperazine rings is 1. The van der Waals surface area contributed by atoms with Gasteiger partial charge in [0.05, 0.1) is 21.3 Å². The van der Waals surface area contributed by atoms with Gasteiger partial charge in [-0.2, -0.15) is 0 Å². The number of nitrogens with one attached hydrogen (secondary N) is 1. The molecule has 0 saturated carbocycles. The van der Waals surface area contributed by atoms with Gasteiger partial charge in [0.1, 0.15) is 11.5 Å². The molecular weight excluding hydrogens is 461 g/mol. The molecule has 1 N–H and O–H groups in total. The highest BCUT2D eigenvalue weighted by molar-refractivity contribution is 7.22. The van der Waals surface area contributed by atoms with Crippen LogP contribution in [0.25, 0.3) is 20.8 Å². The Morgan fingerprint density at radius 3 is 2.54 bits per heavy atom. The molecule has 4 aromatic heterocycles. The zero-order valence-corrected chi connectivity index (χ0v) is 21.1. The molecule has 0 unspecified atom stereocenters. The van der Waals surface area contributed by atoms with Crippen molar-refractivity contribution >= 4 is 33.3 Å². The van der Waals surface area contributed by atoms with Crippen LogP contribution in [0.5, 0.6) is 0 Å². The van der Waals surface area contributed by atoms with Crippen molar-refractivity contribution < 1.29 is 4.39 Å². The van der Waals surface area contributed by atoms with Crippen LogP contribution in [0.4, 0.5) is 16.2 Å². The van der Waals surface area contributed by atoms with Crippen LogP contribution in [0.3, 0.4) is 0 Å². The molecule has 0 aliphatic carbocycles. The van der Waals surface area contributed by atoms with Crippen LogP contribution in [0.15, 0.2) is 42.9 Å². The fourth-order valence-electron chi connectivity index (χ4n) is 4.36. The molecule has 5 rings (SSSR count). The quantitative estimate of drug-likeness (QED) is 0.377. The van der Waals surface area contributed by atoms with Crippen LogP contribution in [-0.2, 0) is 6.54 Å². The number of hydrogen-bond donors (Lipinski definition) is 1. The van der Waals surface area contributed by atoms with E-state index in [1.54, 1.807) is 6.20 Å². The van der Waals surface area contributed by atoms with E-state index in [4.69, 9.17) is 0 Å². The Morgan fingerprint density at radius 2 is 1.83 bits per heavy atom. The molecule has 35 heavy (non-hydrogen) atoms. The second kappa shape index (κ2) is 10.3. The van der Waals surface area contributed by atoms with Crippen molar-refractivity contribution in [3.8, 4) is 10.6 Å². The molecule has 1 saturated heterocycles. The average molecular weight is 492 g/mol. The lowest BCUT2D eigenvalue weighted by Gasteiger charge is -2.33. The van der Waals surface area contributed by atoms with E-state index in [0.717, 1.165) is 54.4 Å². The molecule has 1 aliphatic rings. The van der Waals surface area contributed by atoms with Gasteiger partial charge in [-0.1, -0.05) is 26.8 Å². The van der Waals surface area contributed by atoms with E-state index in [0.29, 0.717) is 17.7 Å². The van der Waals surface area contributed by atoms with Crippen molar-refractivity contribution in [2.45, 2.75) is 33.2 Å². The topological polar surface area (TPSA) is 70.1 Å². The highest BCUT2D eigenvalue weighted by Crippen LogP contribution is 2.37. The lowest BCUT2D eigenvalue weighted by Crippen LogP contribution is -2.45. The Morgan fingerprint density at radius 1 is 1.03 bits per heavy atom. The number of likely N-dealkylation sites (N-methyl/N-ethyl adjacent to an activating group) is 1. The largest absolute Gasteiger partial charge is 0.309 e. The summed E-state index contributed by atoms with van der Waals surface area (Å²) in [4.78, 5) is 23.2. The smallest absolute Gasteiger partial charge is 0.229 e. The predicted molar refractivity (Wildman–Crippen MR) is 140 cm³/mol. The van der Waals surface area contributed by atoms with Crippen molar-refractivity contribution in [3.63, 3.8) is 0 Å². The minimum absolute atomic E-state index is 0.267. The lowest BCUT2D eigenvalue weighted by atomic mass is 10.0. The van der Waals surface area contributed by atoms with Gasteiger partial charge in [-0.15, -0.1) is 11.3 Å². The van der Waals surface area contributed by atoms with E-state index in [1.165, 1.54) is 28.7 Å². The maximum Gasteiger partial charge on any atom is 0.229 e. The Balaban J connectivity index is 1.31. The first-order valence-electron chi connectivity index (χ1n) is 12.1. The molecule has 1 fully saturated rings. The summed E-state index contributed by atoms with van der Waals surface area (Å²) in [7, 11) is 0. The lowest BCUT2D eigenvalue weighted by molar-refractivity contribution is 0.132. The van der Waals surface area contributed by atoms with Crippen LogP contribution < -0.4 is 5.32 Å². The molecule has 0 atom stereocenters. The fourth-order valence-corrected chi connectivity index (χ4v) is 5.63. The zero-order chi connectivity index (χ0) is 24.4. The summed E-state index contributed by atoms with van der Waals surface area (Å²) < 4.78 is 15.8. The van der Waals surface area contributed by atoms with Crippen LogP contribution in [0.1, 0.15) is 37.8 Å². The summed E-state index contributed by atoms with van der Waals surface area (Å²) in [5.41, 5.74) is 3.50. The van der Waals surface area contributed by atoms with Crippen LogP contribution in [0.2, 0.25) is 0 Å². The fraction of sp³-hybridized carbons (Fsp3) is 0.385. The van der Waals surface area contributed by atoms with Crippen LogP contribution in [0, 0.1) is 5.82 Å². The van der Waals surface area contributed by atoms with Crippen molar-refractivity contribution in [2.75, 3.05) is 38.0 Å². The van der Waals surface area contributed by atoms with Gasteiger partial charge < -0.3 is 10.2 Å². The zero-order valence-electron chi connectivity index (χ0n) is 20.3. The minimum atomic E-state index is -0.459. The van der Waals surface area contributed by atoms with Crippen LogP contribution >= 0.6 is 11.3 Å². The number of thiophene rings is 1. The van der Waals surface area contributed by atoms with Crippen molar-refractivity contribution in [3.05, 3.63) is 59.8 Å². The predicted octanol–water partition coefficient (Wildman–Crippen LogP) is 5.29. The molecular formula is C26H30FN7S. The van der Waals surface area contributed by atoms with Gasteiger partial charge in [0.2, 0.25) is 5.95 Å². The van der Waals surface area contributed by atoms with E-state index in [-0.39, 0.29) is 5.69 Å². The molecule has 0 spiro atoms. The maximum atomic E-state index is 14.7. The second-order valence-electron chi connectivity index (χ2n) is 9.16. The number of anilines is 2. The Hall–Kier alpha value is -3.01. The maximum absolute atomic E-state index is 14.7. The third kappa shape index (κ3) is 5.32. The molecule has 4 aromatic rings. The molecule has 7 nitrogen and oxygen atoms in total. The highest BCUT2D eigenvalue weighted by Gasteiger charge is 2.17. The number of aromatic nitrogens is 4. The number of rotatable bonds is 7. The van der Waals surface area contributed by atoms with E-state index in [2.05, 4.69) is 61.9 Å². The highest BCUT2D eigenvalue weighted by atomic mass is 32.1. The Labute approximate surface area is 209 Å². The van der Waals surface area contributed by atoms with Crippen molar-refractivity contribution in [2.24, 2.45) is 0 Å². The third-order valence-corrected chi connectivity index (χ3v) is 7.60. The summed E-state index contributed by atoms with van der Waals surface area (Å²) in [5, 5.41) is 3.12. The summed E-state index contributed by atoms with van der Waals surface area (Å²) in [5.74, 6) is 0.836. The molecule has 182 valence electrons. The molecule has 1 aliphatic heterocycles. The van der Waals surface area contributed by atoms with E-state index in [9.17, 15) is 4.39 Å². The van der Waals surface area contributed by atoms with Gasteiger partial charge in [-0.05, 0) is 41.8 Å². The summed E-state index contributed by atoms with van der Waals surface area (Å²) in [6.45, 7) is 12.9. The van der Waals surface area contributed by atoms with Crippen LogP contribution in [-0.4, -0.2) is 62.5 Å². The summed E-state index contributed by atoms with van der Waals surface area (Å²) >= 11 is 1.51. The normalized spacial score (nSPS) is 15.2. The number of nitrogens with zero attached hydrogens (tertiary/aromatic N) is 6. The van der Waals surface area contributed by atoms with Gasteiger partial charge in [0.25, 0.3) is 0 Å². The van der Waals surface area contributed by atoms with E-state index in [1.807, 2.05) is 24.4 Å². The Kier molecular flexibility index (Phi) is 6.99. The second-order valence-corrected chi connectivity index (χ2v) is 10.2. The number of halogens is 1. The number of fused-ring (bicyclic) bond motifs is 1. The summed E-state index contributed by atoms with van der Waals surface area (Å²) in [6.07, 6.45) is 4.89. The standard InChI is InChI=1S/C26H30FN7S/c1-4-33-9-11-34(12-10-33)16-18-5-6-23(29-14-18)31-26-30-15-20(27)24(32-26)22-13-21-25(35-22)19(17(2)3)7-8-28-21/h5-8,13-15,17H,4,9-12,16H2,1-3H3,(H,29,30,31,32). The first-order chi connectivity index (χ1) is 17.0. The van der Waals surface area contributed by atoms with Gasteiger partial charge in [0, 0.05) is 45.1 Å². The number of hydrogen-bond acceptors (Lipinski definition) is 8. The van der Waals surface area contributed by atoms with E-state index >= 15 is 0 Å². The van der Waals surface area contributed by atoms with Gasteiger partial charge >= 0.3 is 0 Å². The molecule has 9 heteroatoms. The van der Waals surface area contributed by atoms with Gasteiger partial charge in [-0.3, -0.25) is 9.88 Å². The molecule has 0 amide bonds. The number of pyridine rings is 2. The summed E-state index contributed by atoms with van der Waals surface area (Å²) in [6, 6.07) is 7.91. The average Bonchev–Trinajstić information content (AvgIpc) is 3.31. The molecule has 0 radical (unpaired) electrons. The Bertz CT molecular complexity index is 1300. The van der Waals surface area contributed by atoms with Gasteiger partial charge in [-0.25, -0.2) is 19.3 Å². The van der Waals surface area contributed by atoms with E-state index < -0.39 is 5.82 Å². The monoisotopic (exact) mass is 491 g/mol. The molecule has 5 heterocycles.